The zero-order valence-electron chi connectivity index (χ0n) is 18.3. The Morgan fingerprint density at radius 3 is 2.91 bits per heavy atom. The quantitative estimate of drug-likeness (QED) is 0.664. The van der Waals surface area contributed by atoms with Crippen LogP contribution in [-0.2, 0) is 19.5 Å². The van der Waals surface area contributed by atoms with Crippen LogP contribution in [0.2, 0.25) is 0 Å². The molecule has 1 atom stereocenters. The number of hydrogen-bond acceptors (Lipinski definition) is 5. The number of nitrogens with zero attached hydrogens (tertiary/aromatic N) is 4. The number of hydrogen-bond donors (Lipinski definition) is 1. The van der Waals surface area contributed by atoms with Gasteiger partial charge in [-0.05, 0) is 49.1 Å². The van der Waals surface area contributed by atoms with Gasteiger partial charge in [-0.15, -0.1) is 0 Å². The van der Waals surface area contributed by atoms with Crippen LogP contribution in [0.4, 0.5) is 4.39 Å². The fourth-order valence-corrected chi connectivity index (χ4v) is 4.79. The predicted octanol–water partition coefficient (Wildman–Crippen LogP) is 3.23. The zero-order valence-corrected chi connectivity index (χ0v) is 18.3. The molecule has 2 aromatic heterocycles. The van der Waals surface area contributed by atoms with Gasteiger partial charge in [0, 0.05) is 50.6 Å². The van der Waals surface area contributed by atoms with E-state index in [0.717, 1.165) is 43.6 Å². The lowest BCUT2D eigenvalue weighted by atomic mass is 9.99. The number of carbonyl (C=O) groups excluding carboxylic acids is 1. The minimum Gasteiger partial charge on any atom is -0.328 e. The van der Waals surface area contributed by atoms with Crippen molar-refractivity contribution in [2.45, 2.75) is 44.8 Å². The first-order valence-corrected chi connectivity index (χ1v) is 11.4. The van der Waals surface area contributed by atoms with Crippen molar-refractivity contribution in [2.24, 2.45) is 0 Å². The van der Waals surface area contributed by atoms with Gasteiger partial charge in [-0.2, -0.15) is 0 Å². The van der Waals surface area contributed by atoms with Crippen LogP contribution in [0, 0.1) is 5.82 Å². The Morgan fingerprint density at radius 1 is 1.18 bits per heavy atom. The van der Waals surface area contributed by atoms with Gasteiger partial charge in [-0.25, -0.2) is 9.37 Å². The predicted molar refractivity (Wildman–Crippen MR) is 121 cm³/mol. The van der Waals surface area contributed by atoms with Crippen LogP contribution in [0.3, 0.4) is 0 Å². The SMILES string of the molecule is O=C(c1cccc(F)c1)N1CCCCC1c1nc2c(c(=O)[nH]1)CN(Cc1cccnc1)CC2. The van der Waals surface area contributed by atoms with E-state index < -0.39 is 5.82 Å². The van der Waals surface area contributed by atoms with Crippen molar-refractivity contribution in [2.75, 3.05) is 13.1 Å². The van der Waals surface area contributed by atoms with Crippen molar-refractivity contribution >= 4 is 5.91 Å². The lowest BCUT2D eigenvalue weighted by Gasteiger charge is -2.36. The molecule has 0 aliphatic carbocycles. The highest BCUT2D eigenvalue weighted by molar-refractivity contribution is 5.94. The number of H-pyrrole nitrogens is 1. The summed E-state index contributed by atoms with van der Waals surface area (Å²) in [7, 11) is 0. The van der Waals surface area contributed by atoms with Crippen LogP contribution in [0.15, 0.2) is 53.6 Å². The van der Waals surface area contributed by atoms with E-state index in [2.05, 4.69) is 14.9 Å². The molecule has 1 fully saturated rings. The van der Waals surface area contributed by atoms with Crippen LogP contribution in [-0.4, -0.2) is 43.7 Å². The van der Waals surface area contributed by atoms with Crippen molar-refractivity contribution < 1.29 is 9.18 Å². The highest BCUT2D eigenvalue weighted by atomic mass is 19.1. The van der Waals surface area contributed by atoms with Gasteiger partial charge in [-0.3, -0.25) is 19.5 Å². The number of aromatic amines is 1. The Morgan fingerprint density at radius 2 is 2.09 bits per heavy atom. The third-order valence-corrected chi connectivity index (χ3v) is 6.45. The first-order valence-electron chi connectivity index (χ1n) is 11.4. The van der Waals surface area contributed by atoms with Gasteiger partial charge in [0.05, 0.1) is 17.3 Å². The van der Waals surface area contributed by atoms with Crippen LogP contribution in [0.1, 0.15) is 58.3 Å². The van der Waals surface area contributed by atoms with Gasteiger partial charge in [-0.1, -0.05) is 12.1 Å². The lowest BCUT2D eigenvalue weighted by Crippen LogP contribution is -2.41. The van der Waals surface area contributed by atoms with Gasteiger partial charge >= 0.3 is 0 Å². The molecule has 4 heterocycles. The average molecular weight is 448 g/mol. The number of piperidine rings is 1. The molecule has 1 N–H and O–H groups in total. The number of carbonyl (C=O) groups is 1. The monoisotopic (exact) mass is 447 g/mol. The molecule has 1 aromatic carbocycles. The summed E-state index contributed by atoms with van der Waals surface area (Å²) in [5.74, 6) is -0.142. The number of amides is 1. The summed E-state index contributed by atoms with van der Waals surface area (Å²) in [4.78, 5) is 42.1. The second-order valence-electron chi connectivity index (χ2n) is 8.72. The molecule has 1 amide bonds. The minimum atomic E-state index is -0.439. The number of aromatic nitrogens is 3. The number of benzene rings is 1. The summed E-state index contributed by atoms with van der Waals surface area (Å²) < 4.78 is 13.7. The molecule has 3 aromatic rings. The number of likely N-dealkylation sites (tertiary alicyclic amines) is 1. The van der Waals surface area contributed by atoms with E-state index >= 15 is 0 Å². The molecule has 2 aliphatic heterocycles. The van der Waals surface area contributed by atoms with Gasteiger partial charge in [0.2, 0.25) is 0 Å². The van der Waals surface area contributed by atoms with Gasteiger partial charge in [0.1, 0.15) is 11.6 Å². The second-order valence-corrected chi connectivity index (χ2v) is 8.72. The minimum absolute atomic E-state index is 0.144. The lowest BCUT2D eigenvalue weighted by molar-refractivity contribution is 0.0598. The molecule has 0 bridgehead atoms. The van der Waals surface area contributed by atoms with E-state index in [-0.39, 0.29) is 17.5 Å². The van der Waals surface area contributed by atoms with Gasteiger partial charge in [0.15, 0.2) is 0 Å². The van der Waals surface area contributed by atoms with Crippen LogP contribution < -0.4 is 5.56 Å². The Balaban J connectivity index is 1.39. The average Bonchev–Trinajstić information content (AvgIpc) is 2.84. The van der Waals surface area contributed by atoms with Crippen molar-refractivity contribution in [1.82, 2.24) is 24.8 Å². The molecule has 1 saturated heterocycles. The smallest absolute Gasteiger partial charge is 0.255 e. The Kier molecular flexibility index (Phi) is 6.00. The van der Waals surface area contributed by atoms with Crippen molar-refractivity contribution in [3.8, 4) is 0 Å². The first-order chi connectivity index (χ1) is 16.1. The third-order valence-electron chi connectivity index (χ3n) is 6.45. The van der Waals surface area contributed by atoms with Crippen LogP contribution >= 0.6 is 0 Å². The fourth-order valence-electron chi connectivity index (χ4n) is 4.79. The number of nitrogens with one attached hydrogen (secondary N) is 1. The maximum atomic E-state index is 13.7. The topological polar surface area (TPSA) is 82.2 Å². The standard InChI is InChI=1S/C25H26FN5O2/c26-19-7-3-6-18(13-19)25(33)31-11-2-1-8-22(31)23-28-21-9-12-30(16-20(21)24(32)29-23)15-17-5-4-10-27-14-17/h3-7,10,13-14,22H,1-2,8-9,11-12,15-16H2,(H,28,29,32). The molecule has 0 spiro atoms. The summed E-state index contributed by atoms with van der Waals surface area (Å²) in [5, 5.41) is 0. The van der Waals surface area contributed by atoms with E-state index in [1.54, 1.807) is 17.2 Å². The van der Waals surface area contributed by atoms with E-state index in [1.807, 2.05) is 18.3 Å². The maximum absolute atomic E-state index is 13.7. The Labute approximate surface area is 191 Å². The Bertz CT molecular complexity index is 1210. The molecule has 2 aliphatic rings. The molecule has 7 nitrogen and oxygen atoms in total. The molecule has 5 rings (SSSR count). The molecule has 1 unspecified atom stereocenters. The van der Waals surface area contributed by atoms with E-state index in [0.29, 0.717) is 36.5 Å². The van der Waals surface area contributed by atoms with E-state index in [4.69, 9.17) is 4.98 Å². The molecule has 8 heteroatoms. The van der Waals surface area contributed by atoms with Gasteiger partial charge in [0.25, 0.3) is 11.5 Å². The fraction of sp³-hybridized carbons (Fsp3) is 0.360. The van der Waals surface area contributed by atoms with Crippen LogP contribution in [0.5, 0.6) is 0 Å². The molecular formula is C25H26FN5O2. The summed E-state index contributed by atoms with van der Waals surface area (Å²) in [6, 6.07) is 9.37. The molecule has 33 heavy (non-hydrogen) atoms. The normalized spacial score (nSPS) is 18.7. The number of fused-ring (bicyclic) bond motifs is 1. The molecule has 170 valence electrons. The summed E-state index contributed by atoms with van der Waals surface area (Å²) in [6.45, 7) is 2.62. The van der Waals surface area contributed by atoms with E-state index in [1.165, 1.54) is 18.2 Å². The first kappa shape index (κ1) is 21.5. The summed E-state index contributed by atoms with van der Waals surface area (Å²) >= 11 is 0. The highest BCUT2D eigenvalue weighted by Crippen LogP contribution is 2.31. The van der Waals surface area contributed by atoms with Gasteiger partial charge < -0.3 is 9.88 Å². The number of rotatable bonds is 4. The third kappa shape index (κ3) is 4.57. The summed E-state index contributed by atoms with van der Waals surface area (Å²) in [5.41, 5.74) is 2.77. The highest BCUT2D eigenvalue weighted by Gasteiger charge is 2.32. The Hall–Kier alpha value is -3.39. The van der Waals surface area contributed by atoms with Crippen molar-refractivity contribution in [3.05, 3.63) is 93.2 Å². The maximum Gasteiger partial charge on any atom is 0.255 e. The van der Waals surface area contributed by atoms with E-state index in [9.17, 15) is 14.0 Å². The largest absolute Gasteiger partial charge is 0.328 e. The summed E-state index contributed by atoms with van der Waals surface area (Å²) in [6.07, 6.45) is 6.80. The zero-order chi connectivity index (χ0) is 22.8. The van der Waals surface area contributed by atoms with Crippen LogP contribution in [0.25, 0.3) is 0 Å². The molecular weight excluding hydrogens is 421 g/mol. The number of halogens is 1. The van der Waals surface area contributed by atoms with Crippen molar-refractivity contribution in [3.63, 3.8) is 0 Å². The second kappa shape index (κ2) is 9.23. The van der Waals surface area contributed by atoms with Crippen molar-refractivity contribution in [1.29, 1.82) is 0 Å². The molecule has 0 saturated carbocycles. The number of pyridine rings is 1. The molecule has 0 radical (unpaired) electrons.